The van der Waals surface area contributed by atoms with Crippen molar-refractivity contribution < 1.29 is 60.8 Å². The van der Waals surface area contributed by atoms with Gasteiger partial charge in [-0.2, -0.15) is 8.78 Å². The van der Waals surface area contributed by atoms with Crippen LogP contribution < -0.4 is 18.9 Å². The van der Waals surface area contributed by atoms with E-state index in [0.717, 1.165) is 12.2 Å². The summed E-state index contributed by atoms with van der Waals surface area (Å²) < 4.78 is 74.1. The van der Waals surface area contributed by atoms with Crippen LogP contribution in [0.3, 0.4) is 0 Å². The van der Waals surface area contributed by atoms with Crippen molar-refractivity contribution in [3.05, 3.63) is 108 Å². The highest BCUT2D eigenvalue weighted by Crippen LogP contribution is 2.32. The van der Waals surface area contributed by atoms with Crippen LogP contribution in [0.15, 0.2) is 79.9 Å². The minimum absolute atomic E-state index is 0.0819. The first-order valence-electron chi connectivity index (χ1n) is 13.3. The average Bonchev–Trinajstić information content (AvgIpc) is 3.05. The molecule has 0 saturated heterocycles. The fraction of sp³-hybridized carbons (Fsp3) is 0.188. The molecular weight excluding hydrogens is 601 g/mol. The third-order valence-electron chi connectivity index (χ3n) is 5.60. The maximum Gasteiger partial charge on any atom is 0.343 e. The van der Waals surface area contributed by atoms with Crippen molar-refractivity contribution in [2.24, 2.45) is 0 Å². The van der Waals surface area contributed by atoms with Crippen molar-refractivity contribution in [1.82, 2.24) is 0 Å². The maximum atomic E-state index is 14.7. The molecule has 3 aromatic rings. The van der Waals surface area contributed by atoms with Crippen LogP contribution in [0.2, 0.25) is 0 Å². The first-order valence-corrected chi connectivity index (χ1v) is 13.3. The molecule has 0 unspecified atom stereocenters. The van der Waals surface area contributed by atoms with Crippen LogP contribution >= 0.6 is 0 Å². The number of esters is 4. The second-order valence-electron chi connectivity index (χ2n) is 8.79. The van der Waals surface area contributed by atoms with Crippen LogP contribution in [0.5, 0.6) is 23.0 Å². The minimum atomic E-state index is -1.88. The van der Waals surface area contributed by atoms with Crippen molar-refractivity contribution in [2.75, 3.05) is 26.4 Å². The number of hydrogen-bond acceptors (Lipinski definition) is 10. The fourth-order valence-corrected chi connectivity index (χ4v) is 3.37. The molecule has 3 aromatic carbocycles. The summed E-state index contributed by atoms with van der Waals surface area (Å²) in [5.41, 5.74) is -0.206. The van der Waals surface area contributed by atoms with E-state index in [0.29, 0.717) is 30.4 Å². The van der Waals surface area contributed by atoms with E-state index in [1.165, 1.54) is 48.5 Å². The van der Waals surface area contributed by atoms with E-state index in [-0.39, 0.29) is 37.6 Å². The van der Waals surface area contributed by atoms with Crippen LogP contribution in [-0.2, 0) is 19.1 Å². The zero-order valence-corrected chi connectivity index (χ0v) is 23.7. The minimum Gasteiger partial charge on any atom is -0.493 e. The SMILES string of the molecule is C=CC(=O)OCCCOc1ccc(C(=O)Oc2cc(F)c(OC(=O)c3ccc(OCCCOC(=O)C=C)cc3)c(F)c2F)cc1. The molecule has 13 heteroatoms. The van der Waals surface area contributed by atoms with Crippen molar-refractivity contribution in [3.63, 3.8) is 0 Å². The Hall–Kier alpha value is -5.59. The van der Waals surface area contributed by atoms with Gasteiger partial charge in [0.25, 0.3) is 0 Å². The molecule has 0 fully saturated rings. The number of rotatable bonds is 16. The molecule has 0 bridgehead atoms. The van der Waals surface area contributed by atoms with E-state index in [9.17, 15) is 32.3 Å². The van der Waals surface area contributed by atoms with Gasteiger partial charge in [0.1, 0.15) is 11.5 Å². The maximum absolute atomic E-state index is 14.7. The van der Waals surface area contributed by atoms with Gasteiger partial charge in [0, 0.05) is 31.1 Å². The van der Waals surface area contributed by atoms with Crippen LogP contribution in [0.1, 0.15) is 33.6 Å². The lowest BCUT2D eigenvalue weighted by atomic mass is 10.2. The number of ether oxygens (including phenoxy) is 6. The topological polar surface area (TPSA) is 124 Å². The Balaban J connectivity index is 1.54. The zero-order chi connectivity index (χ0) is 32.8. The Bertz CT molecular complexity index is 1540. The second-order valence-corrected chi connectivity index (χ2v) is 8.79. The smallest absolute Gasteiger partial charge is 0.343 e. The largest absolute Gasteiger partial charge is 0.493 e. The molecule has 45 heavy (non-hydrogen) atoms. The van der Waals surface area contributed by atoms with E-state index in [2.05, 4.69) is 13.2 Å². The Morgan fingerprint density at radius 2 is 1.07 bits per heavy atom. The third kappa shape index (κ3) is 10.3. The molecule has 10 nitrogen and oxygen atoms in total. The molecule has 0 atom stereocenters. The monoisotopic (exact) mass is 628 g/mol. The molecule has 3 rings (SSSR count). The quantitative estimate of drug-likeness (QED) is 0.0657. The van der Waals surface area contributed by atoms with E-state index in [4.69, 9.17) is 28.4 Å². The van der Waals surface area contributed by atoms with Crippen molar-refractivity contribution in [3.8, 4) is 23.0 Å². The summed E-state index contributed by atoms with van der Waals surface area (Å²) in [6.07, 6.45) is 2.85. The van der Waals surface area contributed by atoms with Gasteiger partial charge in [-0.25, -0.2) is 23.6 Å². The van der Waals surface area contributed by atoms with Crippen molar-refractivity contribution >= 4 is 23.9 Å². The molecule has 0 aliphatic heterocycles. The summed E-state index contributed by atoms with van der Waals surface area (Å²) in [5, 5.41) is 0. The highest BCUT2D eigenvalue weighted by atomic mass is 19.2. The Labute approximate surface area is 255 Å². The normalized spacial score (nSPS) is 10.3. The van der Waals surface area contributed by atoms with Gasteiger partial charge in [-0.1, -0.05) is 13.2 Å². The summed E-state index contributed by atoms with van der Waals surface area (Å²) in [6, 6.07) is 11.1. The number of hydrogen-bond donors (Lipinski definition) is 0. The molecule has 0 aliphatic carbocycles. The Kier molecular flexibility index (Phi) is 12.7. The van der Waals surface area contributed by atoms with Gasteiger partial charge >= 0.3 is 23.9 Å². The van der Waals surface area contributed by atoms with E-state index < -0.39 is 52.8 Å². The van der Waals surface area contributed by atoms with Crippen molar-refractivity contribution in [2.45, 2.75) is 12.8 Å². The average molecular weight is 629 g/mol. The molecule has 0 amide bonds. The highest BCUT2D eigenvalue weighted by molar-refractivity contribution is 5.92. The lowest BCUT2D eigenvalue weighted by Gasteiger charge is -2.12. The summed E-state index contributed by atoms with van der Waals surface area (Å²) >= 11 is 0. The molecule has 0 saturated carbocycles. The van der Waals surface area contributed by atoms with Gasteiger partial charge < -0.3 is 28.4 Å². The number of benzene rings is 3. The van der Waals surface area contributed by atoms with E-state index in [1.54, 1.807) is 0 Å². The summed E-state index contributed by atoms with van der Waals surface area (Å²) in [7, 11) is 0. The van der Waals surface area contributed by atoms with Gasteiger partial charge in [-0.15, -0.1) is 0 Å². The van der Waals surface area contributed by atoms with Crippen LogP contribution in [0.25, 0.3) is 0 Å². The first-order chi connectivity index (χ1) is 21.6. The first kappa shape index (κ1) is 33.9. The zero-order valence-electron chi connectivity index (χ0n) is 23.7. The Morgan fingerprint density at radius 1 is 0.622 bits per heavy atom. The lowest BCUT2D eigenvalue weighted by molar-refractivity contribution is -0.138. The fourth-order valence-electron chi connectivity index (χ4n) is 3.37. The molecule has 0 aromatic heterocycles. The standard InChI is InChI=1S/C32H27F3O10/c1-3-26(36)42-17-5-15-40-22-11-7-20(8-12-22)31(38)44-25-19-24(33)30(29(35)28(25)34)45-32(39)21-9-13-23(14-10-21)41-16-6-18-43-27(37)4-2/h3-4,7-14,19H,1-2,5-6,15-18H2. The van der Waals surface area contributed by atoms with Gasteiger partial charge in [0.15, 0.2) is 11.6 Å². The molecule has 236 valence electrons. The van der Waals surface area contributed by atoms with Crippen LogP contribution in [0.4, 0.5) is 13.2 Å². The third-order valence-corrected chi connectivity index (χ3v) is 5.60. The summed E-state index contributed by atoms with van der Waals surface area (Å²) in [4.78, 5) is 46.9. The molecule has 0 radical (unpaired) electrons. The Morgan fingerprint density at radius 3 is 1.51 bits per heavy atom. The van der Waals surface area contributed by atoms with Crippen molar-refractivity contribution in [1.29, 1.82) is 0 Å². The summed E-state index contributed by atoms with van der Waals surface area (Å²) in [6.45, 7) is 7.18. The molecular formula is C32H27F3O10. The highest BCUT2D eigenvalue weighted by Gasteiger charge is 2.25. The number of halogens is 3. The number of carbonyl (C=O) groups excluding carboxylic acids is 4. The van der Waals surface area contributed by atoms with Crippen LogP contribution in [-0.4, -0.2) is 50.3 Å². The van der Waals surface area contributed by atoms with Gasteiger partial charge in [-0.3, -0.25) is 0 Å². The molecule has 0 aliphatic rings. The predicted molar refractivity (Wildman–Crippen MR) is 152 cm³/mol. The van der Waals surface area contributed by atoms with Gasteiger partial charge in [0.2, 0.25) is 17.4 Å². The molecule has 0 heterocycles. The second kappa shape index (κ2) is 16.9. The van der Waals surface area contributed by atoms with Gasteiger partial charge in [-0.05, 0) is 48.5 Å². The van der Waals surface area contributed by atoms with Crippen LogP contribution in [0, 0.1) is 17.5 Å². The summed E-state index contributed by atoms with van der Waals surface area (Å²) in [5.74, 6) is -10.3. The number of carbonyl (C=O) groups is 4. The molecule has 0 N–H and O–H groups in total. The van der Waals surface area contributed by atoms with Gasteiger partial charge in [0.05, 0.1) is 37.6 Å². The van der Waals surface area contributed by atoms with E-state index >= 15 is 0 Å². The van der Waals surface area contributed by atoms with E-state index in [1.807, 2.05) is 0 Å². The molecule has 0 spiro atoms. The predicted octanol–water partition coefficient (Wildman–Crippen LogP) is 5.54. The lowest BCUT2D eigenvalue weighted by Crippen LogP contribution is -2.14.